The second-order valence-electron chi connectivity index (χ2n) is 3.83. The molecule has 6 nitrogen and oxygen atoms in total. The van der Waals surface area contributed by atoms with Gasteiger partial charge in [0.05, 0.1) is 12.7 Å². The maximum atomic E-state index is 8.65. The third-order valence-electron chi connectivity index (χ3n) is 2.57. The van der Waals surface area contributed by atoms with Crippen molar-refractivity contribution < 1.29 is 4.74 Å². The van der Waals surface area contributed by atoms with Gasteiger partial charge >= 0.3 is 0 Å². The second-order valence-corrected chi connectivity index (χ2v) is 3.83. The molecule has 0 unspecified atom stereocenters. The van der Waals surface area contributed by atoms with Gasteiger partial charge in [0, 0.05) is 44.9 Å². The molecule has 0 aromatic carbocycles. The number of hydrogen-bond donors (Lipinski definition) is 2. The third-order valence-corrected chi connectivity index (χ3v) is 2.57. The smallest absolute Gasteiger partial charge is 0.144 e. The van der Waals surface area contributed by atoms with Gasteiger partial charge in [-0.05, 0) is 6.07 Å². The number of hydrazine groups is 1. The second kappa shape index (κ2) is 8.42. The van der Waals surface area contributed by atoms with Gasteiger partial charge in [-0.15, -0.1) is 0 Å². The molecular formula is C12H19N5O. The molecule has 6 heteroatoms. The summed E-state index contributed by atoms with van der Waals surface area (Å²) in [6.45, 7) is 2.81. The van der Waals surface area contributed by atoms with Crippen LogP contribution in [0.3, 0.4) is 0 Å². The number of rotatable bonds is 8. The van der Waals surface area contributed by atoms with Crippen molar-refractivity contribution >= 4 is 5.82 Å². The minimum absolute atomic E-state index is 0.495. The normalized spacial score (nSPS) is 10.3. The summed E-state index contributed by atoms with van der Waals surface area (Å²) >= 11 is 0. The molecule has 0 saturated heterocycles. The molecule has 0 aliphatic carbocycles. The van der Waals surface area contributed by atoms with Crippen LogP contribution in [0.2, 0.25) is 0 Å². The molecule has 1 rings (SSSR count). The van der Waals surface area contributed by atoms with E-state index in [1.165, 1.54) is 0 Å². The van der Waals surface area contributed by atoms with Gasteiger partial charge in [0.2, 0.25) is 0 Å². The van der Waals surface area contributed by atoms with Gasteiger partial charge in [-0.25, -0.2) is 10.8 Å². The molecule has 98 valence electrons. The van der Waals surface area contributed by atoms with E-state index in [1.807, 2.05) is 12.1 Å². The van der Waals surface area contributed by atoms with Crippen molar-refractivity contribution in [3.8, 4) is 6.07 Å². The molecule has 0 bridgehead atoms. The number of aromatic nitrogens is 1. The Kier molecular flexibility index (Phi) is 6.72. The summed E-state index contributed by atoms with van der Waals surface area (Å²) in [5.74, 6) is 6.08. The number of nitriles is 1. The summed E-state index contributed by atoms with van der Waals surface area (Å²) in [6, 6.07) is 5.99. The lowest BCUT2D eigenvalue weighted by Crippen LogP contribution is -2.28. The maximum absolute atomic E-state index is 8.65. The summed E-state index contributed by atoms with van der Waals surface area (Å²) in [5.41, 5.74) is 3.59. The first kappa shape index (κ1) is 14.4. The molecular weight excluding hydrogens is 230 g/mol. The lowest BCUT2D eigenvalue weighted by molar-refractivity contribution is 0.145. The summed E-state index contributed by atoms with van der Waals surface area (Å²) in [5, 5.41) is 8.65. The van der Waals surface area contributed by atoms with Gasteiger partial charge in [-0.1, -0.05) is 6.07 Å². The largest absolute Gasteiger partial charge is 0.383 e. The van der Waals surface area contributed by atoms with Crippen LogP contribution in [0.15, 0.2) is 18.3 Å². The first-order valence-corrected chi connectivity index (χ1v) is 5.80. The Bertz CT molecular complexity index is 390. The standard InChI is InChI=1S/C12H19N5O/c1-18-9-8-17(7-3-5-13)10-11-4-2-6-15-12(11)16-14/h2,4,6H,3,7-10,14H2,1H3,(H,15,16). The predicted molar refractivity (Wildman–Crippen MR) is 69.4 cm³/mol. The summed E-state index contributed by atoms with van der Waals surface area (Å²) in [4.78, 5) is 6.30. The highest BCUT2D eigenvalue weighted by molar-refractivity contribution is 5.42. The average Bonchev–Trinajstić information content (AvgIpc) is 2.42. The SMILES string of the molecule is COCCN(CCC#N)Cc1cccnc1NN. The molecule has 0 atom stereocenters. The van der Waals surface area contributed by atoms with E-state index in [4.69, 9.17) is 15.8 Å². The Hall–Kier alpha value is -1.68. The molecule has 0 radical (unpaired) electrons. The van der Waals surface area contributed by atoms with E-state index in [2.05, 4.69) is 21.4 Å². The van der Waals surface area contributed by atoms with E-state index in [-0.39, 0.29) is 0 Å². The Balaban J connectivity index is 2.65. The van der Waals surface area contributed by atoms with Crippen molar-refractivity contribution in [3.05, 3.63) is 23.9 Å². The van der Waals surface area contributed by atoms with E-state index < -0.39 is 0 Å². The molecule has 0 spiro atoms. The number of pyridine rings is 1. The van der Waals surface area contributed by atoms with Gasteiger partial charge in [-0.2, -0.15) is 5.26 Å². The molecule has 1 heterocycles. The maximum Gasteiger partial charge on any atom is 0.144 e. The Morgan fingerprint density at radius 3 is 3.06 bits per heavy atom. The average molecular weight is 249 g/mol. The summed E-state index contributed by atoms with van der Waals surface area (Å²) < 4.78 is 5.07. The minimum Gasteiger partial charge on any atom is -0.383 e. The fourth-order valence-corrected chi connectivity index (χ4v) is 1.64. The molecule has 1 aromatic rings. The molecule has 0 aliphatic rings. The fourth-order valence-electron chi connectivity index (χ4n) is 1.64. The van der Waals surface area contributed by atoms with Crippen LogP contribution in [0.25, 0.3) is 0 Å². The zero-order valence-corrected chi connectivity index (χ0v) is 10.6. The molecule has 0 saturated carbocycles. The summed E-state index contributed by atoms with van der Waals surface area (Å²) in [7, 11) is 1.67. The summed E-state index contributed by atoms with van der Waals surface area (Å²) in [6.07, 6.45) is 2.18. The molecule has 0 amide bonds. The van der Waals surface area contributed by atoms with Gasteiger partial charge in [0.15, 0.2) is 0 Å². The van der Waals surface area contributed by atoms with E-state index >= 15 is 0 Å². The minimum atomic E-state index is 0.495. The molecule has 18 heavy (non-hydrogen) atoms. The zero-order chi connectivity index (χ0) is 13.2. The predicted octanol–water partition coefficient (Wildman–Crippen LogP) is 0.729. The van der Waals surface area contributed by atoms with Crippen LogP contribution < -0.4 is 11.3 Å². The molecule has 0 fully saturated rings. The monoisotopic (exact) mass is 249 g/mol. The van der Waals surface area contributed by atoms with Gasteiger partial charge in [0.1, 0.15) is 5.82 Å². The van der Waals surface area contributed by atoms with E-state index in [0.717, 1.165) is 12.1 Å². The van der Waals surface area contributed by atoms with Crippen LogP contribution >= 0.6 is 0 Å². The van der Waals surface area contributed by atoms with Crippen LogP contribution in [0.5, 0.6) is 0 Å². The van der Waals surface area contributed by atoms with Gasteiger partial charge in [-0.3, -0.25) is 4.90 Å². The van der Waals surface area contributed by atoms with Gasteiger partial charge in [0.25, 0.3) is 0 Å². The lowest BCUT2D eigenvalue weighted by atomic mass is 10.2. The van der Waals surface area contributed by atoms with Crippen LogP contribution in [-0.2, 0) is 11.3 Å². The van der Waals surface area contributed by atoms with Crippen molar-refractivity contribution in [2.24, 2.45) is 5.84 Å². The molecule has 0 aliphatic heterocycles. The van der Waals surface area contributed by atoms with E-state index in [9.17, 15) is 0 Å². The number of nitrogens with zero attached hydrogens (tertiary/aromatic N) is 3. The number of anilines is 1. The molecule has 1 aromatic heterocycles. The first-order chi connectivity index (χ1) is 8.81. The highest BCUT2D eigenvalue weighted by Crippen LogP contribution is 2.13. The fraction of sp³-hybridized carbons (Fsp3) is 0.500. The topological polar surface area (TPSA) is 87.2 Å². The lowest BCUT2D eigenvalue weighted by Gasteiger charge is -2.21. The number of methoxy groups -OCH3 is 1. The third kappa shape index (κ3) is 4.67. The Labute approximate surface area is 107 Å². The molecule has 3 N–H and O–H groups in total. The van der Waals surface area contributed by atoms with Crippen molar-refractivity contribution in [1.29, 1.82) is 5.26 Å². The van der Waals surface area contributed by atoms with Crippen molar-refractivity contribution in [3.63, 3.8) is 0 Å². The number of nitrogens with two attached hydrogens (primary N) is 1. The number of ether oxygens (including phenoxy) is 1. The van der Waals surface area contributed by atoms with Crippen LogP contribution in [0, 0.1) is 11.3 Å². The number of nitrogen functional groups attached to an aromatic ring is 1. The van der Waals surface area contributed by atoms with E-state index in [1.54, 1.807) is 13.3 Å². The zero-order valence-electron chi connectivity index (χ0n) is 10.6. The van der Waals surface area contributed by atoms with Crippen molar-refractivity contribution in [2.45, 2.75) is 13.0 Å². The highest BCUT2D eigenvalue weighted by Gasteiger charge is 2.09. The first-order valence-electron chi connectivity index (χ1n) is 5.80. The van der Waals surface area contributed by atoms with E-state index in [0.29, 0.717) is 31.9 Å². The quantitative estimate of drug-likeness (QED) is 0.521. The van der Waals surface area contributed by atoms with Crippen LogP contribution in [-0.4, -0.2) is 36.7 Å². The Morgan fingerprint density at radius 1 is 1.56 bits per heavy atom. The van der Waals surface area contributed by atoms with Crippen molar-refractivity contribution in [2.75, 3.05) is 32.2 Å². The highest BCUT2D eigenvalue weighted by atomic mass is 16.5. The Morgan fingerprint density at radius 2 is 2.39 bits per heavy atom. The van der Waals surface area contributed by atoms with Crippen LogP contribution in [0.1, 0.15) is 12.0 Å². The van der Waals surface area contributed by atoms with Crippen molar-refractivity contribution in [1.82, 2.24) is 9.88 Å². The van der Waals surface area contributed by atoms with Crippen LogP contribution in [0.4, 0.5) is 5.82 Å². The van der Waals surface area contributed by atoms with Gasteiger partial charge < -0.3 is 10.2 Å². The number of nitrogens with one attached hydrogen (secondary N) is 1. The number of hydrogen-bond acceptors (Lipinski definition) is 6.